The van der Waals surface area contributed by atoms with Crippen LogP contribution < -0.4 is 5.32 Å². The van der Waals surface area contributed by atoms with Gasteiger partial charge in [-0.25, -0.2) is 4.98 Å². The van der Waals surface area contributed by atoms with Gasteiger partial charge in [0.2, 0.25) is 0 Å². The average molecular weight is 248 g/mol. The first kappa shape index (κ1) is 12.0. The number of imidazole rings is 1. The van der Waals surface area contributed by atoms with E-state index in [2.05, 4.69) is 39.3 Å². The van der Waals surface area contributed by atoms with Gasteiger partial charge in [0.1, 0.15) is 0 Å². The van der Waals surface area contributed by atoms with Crippen LogP contribution >= 0.6 is 12.2 Å². The highest BCUT2D eigenvalue weighted by Crippen LogP contribution is 2.11. The van der Waals surface area contributed by atoms with Gasteiger partial charge in [-0.15, -0.1) is 0 Å². The van der Waals surface area contributed by atoms with Crippen LogP contribution in [-0.2, 0) is 0 Å². The van der Waals surface area contributed by atoms with Crippen molar-refractivity contribution in [2.45, 2.75) is 19.4 Å². The summed E-state index contributed by atoms with van der Waals surface area (Å²) in [5.41, 5.74) is 2.82. The molecule has 0 fully saturated rings. The van der Waals surface area contributed by atoms with Crippen LogP contribution in [0.1, 0.15) is 18.9 Å². The Morgan fingerprint density at radius 2 is 2.35 bits per heavy atom. The number of aromatic nitrogens is 3. The Bertz CT molecular complexity index is 581. The lowest BCUT2D eigenvalue weighted by Crippen LogP contribution is -2.19. The van der Waals surface area contributed by atoms with E-state index >= 15 is 0 Å². The van der Waals surface area contributed by atoms with E-state index in [0.717, 1.165) is 23.1 Å². The molecule has 2 heterocycles. The van der Waals surface area contributed by atoms with Gasteiger partial charge in [0, 0.05) is 12.2 Å². The van der Waals surface area contributed by atoms with Crippen molar-refractivity contribution in [3.05, 3.63) is 28.7 Å². The summed E-state index contributed by atoms with van der Waals surface area (Å²) in [7, 11) is 1.96. The number of aromatic amines is 2. The van der Waals surface area contributed by atoms with E-state index in [-0.39, 0.29) is 0 Å². The molecule has 1 unspecified atom stereocenters. The highest BCUT2D eigenvalue weighted by molar-refractivity contribution is 7.71. The van der Waals surface area contributed by atoms with Gasteiger partial charge < -0.3 is 15.3 Å². The van der Waals surface area contributed by atoms with E-state index in [1.807, 2.05) is 19.3 Å². The number of hydrogen-bond acceptors (Lipinski definition) is 3. The molecule has 17 heavy (non-hydrogen) atoms. The summed E-state index contributed by atoms with van der Waals surface area (Å²) in [6, 6.07) is 2.52. The molecular weight excluding hydrogens is 232 g/mol. The molecule has 3 N–H and O–H groups in total. The summed E-state index contributed by atoms with van der Waals surface area (Å²) in [4.78, 5) is 10.3. The topological polar surface area (TPSA) is 56.5 Å². The molecule has 5 heteroatoms. The molecule has 2 aromatic heterocycles. The second-order valence-corrected chi connectivity index (χ2v) is 4.48. The van der Waals surface area contributed by atoms with Crippen LogP contribution in [0.4, 0.5) is 0 Å². The Kier molecular flexibility index (Phi) is 3.71. The lowest BCUT2D eigenvalue weighted by molar-refractivity contribution is 0.621. The zero-order valence-electron chi connectivity index (χ0n) is 9.95. The fourth-order valence-electron chi connectivity index (χ4n) is 1.55. The minimum absolute atomic E-state index is 0.487. The van der Waals surface area contributed by atoms with Crippen LogP contribution in [0.15, 0.2) is 18.3 Å². The van der Waals surface area contributed by atoms with Gasteiger partial charge in [-0.2, -0.15) is 0 Å². The van der Waals surface area contributed by atoms with Gasteiger partial charge in [0.15, 0.2) is 10.4 Å². The zero-order valence-corrected chi connectivity index (χ0v) is 10.8. The average Bonchev–Trinajstić information content (AvgIpc) is 2.68. The van der Waals surface area contributed by atoms with Crippen LogP contribution in [-0.4, -0.2) is 28.0 Å². The lowest BCUT2D eigenvalue weighted by Gasteiger charge is -2.04. The van der Waals surface area contributed by atoms with E-state index in [0.29, 0.717) is 10.8 Å². The predicted octanol–water partition coefficient (Wildman–Crippen LogP) is 2.63. The van der Waals surface area contributed by atoms with E-state index in [9.17, 15) is 0 Å². The van der Waals surface area contributed by atoms with Crippen molar-refractivity contribution in [1.29, 1.82) is 0 Å². The number of fused-ring (bicyclic) bond motifs is 1. The summed E-state index contributed by atoms with van der Waals surface area (Å²) in [5.74, 6) is 0. The summed E-state index contributed by atoms with van der Waals surface area (Å²) in [6.07, 6.45) is 7.05. The molecule has 0 saturated carbocycles. The maximum absolute atomic E-state index is 5.02. The fourth-order valence-corrected chi connectivity index (χ4v) is 1.76. The first-order valence-corrected chi connectivity index (χ1v) is 6.01. The van der Waals surface area contributed by atoms with Crippen molar-refractivity contribution in [2.75, 3.05) is 7.05 Å². The normalized spacial score (nSPS) is 13.5. The maximum Gasteiger partial charge on any atom is 0.176 e. The molecule has 2 aromatic rings. The monoisotopic (exact) mass is 248 g/mol. The van der Waals surface area contributed by atoms with Gasteiger partial charge in [-0.05, 0) is 44.2 Å². The largest absolute Gasteiger partial charge is 0.329 e. The van der Waals surface area contributed by atoms with Crippen molar-refractivity contribution in [3.8, 4) is 0 Å². The van der Waals surface area contributed by atoms with Gasteiger partial charge >= 0.3 is 0 Å². The van der Waals surface area contributed by atoms with Gasteiger partial charge in [-0.1, -0.05) is 12.2 Å². The number of nitrogens with one attached hydrogen (secondary N) is 3. The minimum atomic E-state index is 0.487. The molecule has 2 rings (SSSR count). The molecular formula is C12H16N4S. The van der Waals surface area contributed by atoms with Gasteiger partial charge in [-0.3, -0.25) is 0 Å². The van der Waals surface area contributed by atoms with E-state index in [4.69, 9.17) is 12.2 Å². The number of hydrogen-bond donors (Lipinski definition) is 3. The smallest absolute Gasteiger partial charge is 0.176 e. The third-order valence-corrected chi connectivity index (χ3v) is 2.89. The van der Waals surface area contributed by atoms with Crippen molar-refractivity contribution in [1.82, 2.24) is 20.3 Å². The number of H-pyrrole nitrogens is 2. The van der Waals surface area contributed by atoms with Crippen molar-refractivity contribution >= 4 is 29.5 Å². The SMILES string of the molecule is CNC(C)CC=Cc1cnc2[nH]c(=S)[nH]c2c1. The van der Waals surface area contributed by atoms with Crippen LogP contribution in [0.2, 0.25) is 0 Å². The molecule has 4 nitrogen and oxygen atoms in total. The second-order valence-electron chi connectivity index (χ2n) is 4.07. The molecule has 0 amide bonds. The standard InChI is InChI=1S/C12H16N4S/c1-8(13-2)4-3-5-9-6-10-11(14-7-9)16-12(17)15-10/h3,5-8,13H,4H2,1-2H3,(H2,14,15,16,17). The number of nitrogens with zero attached hydrogens (tertiary/aromatic N) is 1. The highest BCUT2D eigenvalue weighted by Gasteiger charge is 1.98. The maximum atomic E-state index is 5.02. The van der Waals surface area contributed by atoms with Gasteiger partial charge in [0.25, 0.3) is 0 Å². The molecule has 0 radical (unpaired) electrons. The molecule has 90 valence electrons. The molecule has 0 saturated heterocycles. The molecule has 0 aromatic carbocycles. The van der Waals surface area contributed by atoms with E-state index in [1.54, 1.807) is 0 Å². The highest BCUT2D eigenvalue weighted by atomic mass is 32.1. The van der Waals surface area contributed by atoms with Crippen molar-refractivity contribution < 1.29 is 0 Å². The Balaban J connectivity index is 2.16. The quantitative estimate of drug-likeness (QED) is 0.729. The predicted molar refractivity (Wildman–Crippen MR) is 73.5 cm³/mol. The van der Waals surface area contributed by atoms with Crippen LogP contribution in [0.5, 0.6) is 0 Å². The fraction of sp³-hybridized carbons (Fsp3) is 0.333. The van der Waals surface area contributed by atoms with E-state index < -0.39 is 0 Å². The minimum Gasteiger partial charge on any atom is -0.329 e. The van der Waals surface area contributed by atoms with Crippen LogP contribution in [0.3, 0.4) is 0 Å². The molecule has 1 atom stereocenters. The van der Waals surface area contributed by atoms with Crippen molar-refractivity contribution in [3.63, 3.8) is 0 Å². The second kappa shape index (κ2) is 5.25. The number of pyridine rings is 1. The molecule has 0 aliphatic heterocycles. The third-order valence-electron chi connectivity index (χ3n) is 2.68. The first-order valence-electron chi connectivity index (χ1n) is 5.61. The summed E-state index contributed by atoms with van der Waals surface area (Å²) >= 11 is 5.02. The van der Waals surface area contributed by atoms with E-state index in [1.165, 1.54) is 0 Å². The van der Waals surface area contributed by atoms with Gasteiger partial charge in [0.05, 0.1) is 5.52 Å². The Hall–Kier alpha value is -1.46. The number of rotatable bonds is 4. The van der Waals surface area contributed by atoms with Crippen LogP contribution in [0, 0.1) is 4.77 Å². The first-order chi connectivity index (χ1) is 8.19. The van der Waals surface area contributed by atoms with Crippen LogP contribution in [0.25, 0.3) is 17.2 Å². The summed E-state index contributed by atoms with van der Waals surface area (Å²) < 4.78 is 0.609. The summed E-state index contributed by atoms with van der Waals surface area (Å²) in [6.45, 7) is 2.15. The summed E-state index contributed by atoms with van der Waals surface area (Å²) in [5, 5.41) is 3.19. The Morgan fingerprint density at radius 3 is 3.12 bits per heavy atom. The Labute approximate surface area is 105 Å². The van der Waals surface area contributed by atoms with Crippen molar-refractivity contribution in [2.24, 2.45) is 0 Å². The zero-order chi connectivity index (χ0) is 12.3. The third kappa shape index (κ3) is 3.01. The lowest BCUT2D eigenvalue weighted by atomic mass is 10.2. The molecule has 0 aliphatic carbocycles. The Morgan fingerprint density at radius 1 is 1.53 bits per heavy atom. The molecule has 0 bridgehead atoms. The molecule has 0 aliphatic rings. The molecule has 0 spiro atoms.